The maximum absolute atomic E-state index is 10.9. The second kappa shape index (κ2) is 5.62. The van der Waals surface area contributed by atoms with Gasteiger partial charge in [-0.15, -0.1) is 11.6 Å². The van der Waals surface area contributed by atoms with Gasteiger partial charge in [-0.2, -0.15) is 0 Å². The van der Waals surface area contributed by atoms with E-state index in [0.717, 1.165) is 31.3 Å². The Hall–Kier alpha value is -0.210. The minimum atomic E-state index is -0.281. The first-order chi connectivity index (χ1) is 6.65. The molecule has 0 aromatic heterocycles. The fraction of sp³-hybridized carbons (Fsp3) is 0.700. The van der Waals surface area contributed by atoms with Crippen LogP contribution >= 0.6 is 23.2 Å². The molecule has 0 N–H and O–H groups in total. The van der Waals surface area contributed by atoms with E-state index in [9.17, 15) is 4.79 Å². The van der Waals surface area contributed by atoms with Crippen molar-refractivity contribution < 1.29 is 9.53 Å². The maximum atomic E-state index is 10.9. The zero-order valence-electron chi connectivity index (χ0n) is 8.13. The fourth-order valence-electron chi connectivity index (χ4n) is 1.65. The number of hydrogen-bond donors (Lipinski definition) is 0. The van der Waals surface area contributed by atoms with E-state index in [4.69, 9.17) is 27.9 Å². The summed E-state index contributed by atoms with van der Waals surface area (Å²) in [4.78, 5) is 10.9. The van der Waals surface area contributed by atoms with Gasteiger partial charge in [-0.3, -0.25) is 4.79 Å². The monoisotopic (exact) mass is 236 g/mol. The van der Waals surface area contributed by atoms with Crippen LogP contribution in [0.15, 0.2) is 11.1 Å². The molecule has 1 saturated carbocycles. The number of carbonyl (C=O) groups is 1. The smallest absolute Gasteiger partial charge is 0.303 e. The Kier molecular flexibility index (Phi) is 4.76. The highest BCUT2D eigenvalue weighted by Crippen LogP contribution is 2.29. The van der Waals surface area contributed by atoms with Crippen LogP contribution < -0.4 is 0 Å². The Morgan fingerprint density at radius 1 is 1.50 bits per heavy atom. The molecule has 4 heteroatoms. The molecule has 1 fully saturated rings. The Morgan fingerprint density at radius 3 is 2.71 bits per heavy atom. The Labute approximate surface area is 94.2 Å². The maximum Gasteiger partial charge on any atom is 0.303 e. The van der Waals surface area contributed by atoms with E-state index in [0.29, 0.717) is 0 Å². The highest BCUT2D eigenvalue weighted by atomic mass is 35.5. The van der Waals surface area contributed by atoms with E-state index in [2.05, 4.69) is 0 Å². The van der Waals surface area contributed by atoms with Gasteiger partial charge in [-0.25, -0.2) is 0 Å². The summed E-state index contributed by atoms with van der Waals surface area (Å²) < 4.78 is 5.17. The summed E-state index contributed by atoms with van der Waals surface area (Å²) in [7, 11) is 0. The van der Waals surface area contributed by atoms with Gasteiger partial charge in [-0.1, -0.05) is 18.0 Å². The van der Waals surface area contributed by atoms with Gasteiger partial charge in [0, 0.05) is 12.5 Å². The number of halogens is 2. The normalized spacial score (nSPS) is 31.2. The first-order valence-electron chi connectivity index (χ1n) is 4.76. The first kappa shape index (κ1) is 11.9. The lowest BCUT2D eigenvalue weighted by Crippen LogP contribution is -2.21. The van der Waals surface area contributed by atoms with Crippen molar-refractivity contribution in [3.05, 3.63) is 11.1 Å². The molecule has 1 aliphatic carbocycles. The molecular weight excluding hydrogens is 223 g/mol. The largest absolute Gasteiger partial charge is 0.458 e. The summed E-state index contributed by atoms with van der Waals surface area (Å²) >= 11 is 11.8. The molecule has 0 aromatic rings. The first-order valence-corrected chi connectivity index (χ1v) is 5.64. The van der Waals surface area contributed by atoms with E-state index >= 15 is 0 Å². The molecule has 0 aromatic carbocycles. The molecule has 0 aliphatic heterocycles. The Bertz CT molecular complexity index is 238. The van der Waals surface area contributed by atoms with Gasteiger partial charge < -0.3 is 4.74 Å². The molecule has 80 valence electrons. The molecule has 0 unspecified atom stereocenters. The summed E-state index contributed by atoms with van der Waals surface area (Å²) in [6.45, 7) is 1.40. The standard InChI is InChI=1S/C10H14Cl2O2/c1-7(13)14-10-5-3-2-4-9(12)8(10)6-11/h6,9-10H,2-5H2,1H3/b8-6-/t9-,10+/m0/s1. The van der Waals surface area contributed by atoms with Crippen molar-refractivity contribution in [3.63, 3.8) is 0 Å². The van der Waals surface area contributed by atoms with Gasteiger partial charge in [0.05, 0.1) is 5.38 Å². The fourth-order valence-corrected chi connectivity index (χ4v) is 2.37. The number of alkyl halides is 1. The average molecular weight is 237 g/mol. The number of ether oxygens (including phenoxy) is 1. The molecule has 0 amide bonds. The van der Waals surface area contributed by atoms with E-state index in [1.165, 1.54) is 12.5 Å². The summed E-state index contributed by atoms with van der Waals surface area (Å²) in [5.41, 5.74) is 2.29. The molecule has 1 aliphatic rings. The number of carbonyl (C=O) groups excluding carboxylic acids is 1. The average Bonchev–Trinajstić information content (AvgIpc) is 2.27. The van der Waals surface area contributed by atoms with E-state index in [-0.39, 0.29) is 17.5 Å². The third-order valence-electron chi connectivity index (χ3n) is 2.34. The molecule has 0 saturated heterocycles. The Balaban J connectivity index is 2.72. The van der Waals surface area contributed by atoms with Crippen LogP contribution in [0.4, 0.5) is 0 Å². The van der Waals surface area contributed by atoms with Crippen LogP contribution in [0.25, 0.3) is 0 Å². The van der Waals surface area contributed by atoms with E-state index in [1.54, 1.807) is 0 Å². The lowest BCUT2D eigenvalue weighted by Gasteiger charge is -2.19. The lowest BCUT2D eigenvalue weighted by molar-refractivity contribution is -0.144. The molecular formula is C10H14Cl2O2. The van der Waals surface area contributed by atoms with Crippen LogP contribution in [0.5, 0.6) is 0 Å². The predicted molar refractivity (Wildman–Crippen MR) is 57.6 cm³/mol. The van der Waals surface area contributed by atoms with Crippen molar-refractivity contribution in [1.29, 1.82) is 0 Å². The molecule has 0 bridgehead atoms. The van der Waals surface area contributed by atoms with Crippen molar-refractivity contribution >= 4 is 29.2 Å². The number of hydrogen-bond acceptors (Lipinski definition) is 2. The highest BCUT2D eigenvalue weighted by Gasteiger charge is 2.26. The van der Waals surface area contributed by atoms with Crippen LogP contribution in [-0.2, 0) is 9.53 Å². The van der Waals surface area contributed by atoms with Crippen LogP contribution in [0.2, 0.25) is 0 Å². The van der Waals surface area contributed by atoms with Crippen molar-refractivity contribution in [2.75, 3.05) is 0 Å². The number of rotatable bonds is 1. The van der Waals surface area contributed by atoms with Gasteiger partial charge >= 0.3 is 5.97 Å². The second-order valence-corrected chi connectivity index (χ2v) is 4.20. The molecule has 0 radical (unpaired) electrons. The van der Waals surface area contributed by atoms with Crippen LogP contribution in [-0.4, -0.2) is 17.5 Å². The van der Waals surface area contributed by atoms with Crippen LogP contribution in [0, 0.1) is 0 Å². The van der Waals surface area contributed by atoms with Gasteiger partial charge in [0.25, 0.3) is 0 Å². The zero-order valence-corrected chi connectivity index (χ0v) is 9.64. The summed E-state index contributed by atoms with van der Waals surface area (Å²) in [6.07, 6.45) is 3.57. The summed E-state index contributed by atoms with van der Waals surface area (Å²) in [5, 5.41) is -0.0978. The minimum Gasteiger partial charge on any atom is -0.458 e. The second-order valence-electron chi connectivity index (χ2n) is 3.46. The molecule has 0 heterocycles. The highest BCUT2D eigenvalue weighted by molar-refractivity contribution is 6.28. The third-order valence-corrected chi connectivity index (χ3v) is 3.06. The zero-order chi connectivity index (χ0) is 10.6. The third kappa shape index (κ3) is 3.18. The van der Waals surface area contributed by atoms with Gasteiger partial charge in [0.15, 0.2) is 0 Å². The summed E-state index contributed by atoms with van der Waals surface area (Å²) in [6, 6.07) is 0. The quantitative estimate of drug-likeness (QED) is 0.397. The number of esters is 1. The SMILES string of the molecule is CC(=O)O[C@@H]1CCCC[C@H](Cl)/C1=C/Cl. The van der Waals surface area contributed by atoms with Crippen LogP contribution in [0.1, 0.15) is 32.6 Å². The molecule has 14 heavy (non-hydrogen) atoms. The van der Waals surface area contributed by atoms with Crippen molar-refractivity contribution in [1.82, 2.24) is 0 Å². The van der Waals surface area contributed by atoms with Gasteiger partial charge in [0.2, 0.25) is 0 Å². The Morgan fingerprint density at radius 2 is 2.14 bits per heavy atom. The summed E-state index contributed by atoms with van der Waals surface area (Å²) in [5.74, 6) is -0.281. The van der Waals surface area contributed by atoms with Crippen molar-refractivity contribution in [3.8, 4) is 0 Å². The minimum absolute atomic E-state index is 0.0978. The lowest BCUT2D eigenvalue weighted by atomic mass is 10.1. The van der Waals surface area contributed by atoms with Gasteiger partial charge in [0.1, 0.15) is 6.10 Å². The van der Waals surface area contributed by atoms with Crippen molar-refractivity contribution in [2.24, 2.45) is 0 Å². The molecule has 0 spiro atoms. The van der Waals surface area contributed by atoms with Crippen molar-refractivity contribution in [2.45, 2.75) is 44.1 Å². The molecule has 2 nitrogen and oxygen atoms in total. The molecule has 1 rings (SSSR count). The van der Waals surface area contributed by atoms with Crippen LogP contribution in [0.3, 0.4) is 0 Å². The molecule has 2 atom stereocenters. The van der Waals surface area contributed by atoms with Gasteiger partial charge in [-0.05, 0) is 24.8 Å². The predicted octanol–water partition coefficient (Wildman–Crippen LogP) is 3.22. The van der Waals surface area contributed by atoms with E-state index < -0.39 is 0 Å². The topological polar surface area (TPSA) is 26.3 Å². The van der Waals surface area contributed by atoms with E-state index in [1.807, 2.05) is 0 Å².